The number of hydrogen-bond donors (Lipinski definition) is 0. The van der Waals surface area contributed by atoms with Gasteiger partial charge >= 0.3 is 0 Å². The largest absolute Gasteiger partial charge is 0.443 e. The van der Waals surface area contributed by atoms with E-state index in [1.807, 2.05) is 0 Å². The molecule has 9 heteroatoms. The molecule has 0 saturated heterocycles. The minimum atomic E-state index is -3.64. The van der Waals surface area contributed by atoms with Crippen molar-refractivity contribution in [3.05, 3.63) is 65.2 Å². The number of carbonyl (C=O) groups excluding carboxylic acids is 1. The number of anilines is 1. The maximum atomic E-state index is 13.4. The molecule has 1 aliphatic rings. The van der Waals surface area contributed by atoms with Gasteiger partial charge in [0.25, 0.3) is 5.91 Å². The number of aromatic nitrogens is 1. The monoisotopic (exact) mass is 424 g/mol. The normalized spacial score (nSPS) is 13.5. The van der Waals surface area contributed by atoms with Gasteiger partial charge in [-0.2, -0.15) is 5.26 Å². The second kappa shape index (κ2) is 7.16. The van der Waals surface area contributed by atoms with Gasteiger partial charge in [0.1, 0.15) is 23.0 Å². The number of rotatable bonds is 4. The summed E-state index contributed by atoms with van der Waals surface area (Å²) in [5, 5.41) is 9.73. The lowest BCUT2D eigenvalue weighted by Crippen LogP contribution is -2.30. The highest BCUT2D eigenvalue weighted by molar-refractivity contribution is 7.89. The van der Waals surface area contributed by atoms with Crippen LogP contribution in [-0.4, -0.2) is 43.8 Å². The van der Waals surface area contributed by atoms with Crippen LogP contribution in [0.15, 0.2) is 52.0 Å². The van der Waals surface area contributed by atoms with Crippen molar-refractivity contribution in [1.29, 1.82) is 5.26 Å². The van der Waals surface area contributed by atoms with E-state index in [-0.39, 0.29) is 27.8 Å². The molecule has 1 amide bonds. The first-order valence-electron chi connectivity index (χ1n) is 9.30. The van der Waals surface area contributed by atoms with E-state index >= 15 is 0 Å². The Labute approximate surface area is 174 Å². The molecule has 1 aromatic carbocycles. The molecule has 30 heavy (non-hydrogen) atoms. The van der Waals surface area contributed by atoms with Crippen LogP contribution >= 0.6 is 0 Å². The minimum absolute atomic E-state index is 0.114. The van der Waals surface area contributed by atoms with Gasteiger partial charge in [-0.25, -0.2) is 12.7 Å². The second-order valence-corrected chi connectivity index (χ2v) is 9.35. The van der Waals surface area contributed by atoms with E-state index in [0.29, 0.717) is 24.4 Å². The summed E-state index contributed by atoms with van der Waals surface area (Å²) < 4.78 is 33.6. The van der Waals surface area contributed by atoms with E-state index in [0.717, 1.165) is 9.87 Å². The Morgan fingerprint density at radius 2 is 1.93 bits per heavy atom. The predicted octanol–water partition coefficient (Wildman–Crippen LogP) is 2.70. The summed E-state index contributed by atoms with van der Waals surface area (Å²) in [7, 11) is -0.716. The predicted molar refractivity (Wildman–Crippen MR) is 110 cm³/mol. The molecule has 3 heterocycles. The summed E-state index contributed by atoms with van der Waals surface area (Å²) in [4.78, 5) is 15.1. The molecule has 0 bridgehead atoms. The Kier molecular flexibility index (Phi) is 4.76. The Morgan fingerprint density at radius 3 is 2.57 bits per heavy atom. The van der Waals surface area contributed by atoms with Gasteiger partial charge in [0.15, 0.2) is 0 Å². The van der Waals surface area contributed by atoms with Crippen LogP contribution in [0.3, 0.4) is 0 Å². The number of nitrogens with zero attached hydrogens (tertiary/aromatic N) is 4. The quantitative estimate of drug-likeness (QED) is 0.641. The maximum absolute atomic E-state index is 13.4. The number of sulfonamides is 1. The highest BCUT2D eigenvalue weighted by Crippen LogP contribution is 2.34. The molecule has 0 radical (unpaired) electrons. The molecular formula is C21H20N4O4S. The lowest BCUT2D eigenvalue weighted by molar-refractivity contribution is 0.0987. The highest BCUT2D eigenvalue weighted by atomic mass is 32.2. The Morgan fingerprint density at radius 1 is 1.23 bits per heavy atom. The van der Waals surface area contributed by atoms with Crippen molar-refractivity contribution in [3.63, 3.8) is 0 Å². The number of aryl methyl sites for hydroxylation is 1. The second-order valence-electron chi connectivity index (χ2n) is 7.20. The Balaban J connectivity index is 1.79. The van der Waals surface area contributed by atoms with Crippen molar-refractivity contribution in [2.24, 2.45) is 0 Å². The smallest absolute Gasteiger partial charge is 0.263 e. The van der Waals surface area contributed by atoms with Crippen LogP contribution in [0.4, 0.5) is 5.69 Å². The molecule has 0 atom stereocenters. The van der Waals surface area contributed by atoms with Crippen LogP contribution in [0.2, 0.25) is 0 Å². The summed E-state index contributed by atoms with van der Waals surface area (Å²) in [5.41, 5.74) is 1.76. The number of benzene rings is 1. The molecule has 154 valence electrons. The number of hydrogen-bond acceptors (Lipinski definition) is 5. The zero-order chi connectivity index (χ0) is 21.6. The van der Waals surface area contributed by atoms with Gasteiger partial charge in [0, 0.05) is 38.7 Å². The van der Waals surface area contributed by atoms with Gasteiger partial charge in [-0.1, -0.05) is 6.07 Å². The zero-order valence-corrected chi connectivity index (χ0v) is 17.6. The fourth-order valence-electron chi connectivity index (χ4n) is 3.62. The lowest BCUT2D eigenvalue weighted by atomic mass is 10.1. The third-order valence-electron chi connectivity index (χ3n) is 5.21. The number of fused-ring (bicyclic) bond motifs is 1. The first-order valence-corrected chi connectivity index (χ1v) is 10.7. The van der Waals surface area contributed by atoms with E-state index < -0.39 is 10.0 Å². The summed E-state index contributed by atoms with van der Waals surface area (Å²) in [6.07, 6.45) is 4.07. The average Bonchev–Trinajstić information content (AvgIpc) is 3.44. The first kappa shape index (κ1) is 19.9. The molecule has 2 aromatic heterocycles. The molecule has 8 nitrogen and oxygen atoms in total. The van der Waals surface area contributed by atoms with Crippen LogP contribution in [-0.2, 0) is 16.4 Å². The van der Waals surface area contributed by atoms with Gasteiger partial charge in [-0.05, 0) is 43.2 Å². The van der Waals surface area contributed by atoms with E-state index in [4.69, 9.17) is 4.42 Å². The molecule has 0 unspecified atom stereocenters. The molecule has 0 spiro atoms. The van der Waals surface area contributed by atoms with Crippen molar-refractivity contribution < 1.29 is 17.6 Å². The van der Waals surface area contributed by atoms with Gasteiger partial charge < -0.3 is 9.32 Å². The molecule has 3 aromatic rings. The molecule has 4 rings (SSSR count). The average molecular weight is 424 g/mol. The van der Waals surface area contributed by atoms with Crippen molar-refractivity contribution in [1.82, 2.24) is 8.87 Å². The maximum Gasteiger partial charge on any atom is 0.263 e. The van der Waals surface area contributed by atoms with Crippen molar-refractivity contribution in [3.8, 4) is 12.0 Å². The Hall–Kier alpha value is -3.35. The van der Waals surface area contributed by atoms with Crippen LogP contribution in [0.5, 0.6) is 0 Å². The Bertz CT molecular complexity index is 1280. The van der Waals surface area contributed by atoms with Crippen molar-refractivity contribution >= 4 is 21.6 Å². The summed E-state index contributed by atoms with van der Waals surface area (Å²) >= 11 is 0. The molecule has 0 N–H and O–H groups in total. The van der Waals surface area contributed by atoms with Crippen LogP contribution < -0.4 is 4.90 Å². The summed E-state index contributed by atoms with van der Waals surface area (Å²) in [6.45, 7) is 2.04. The van der Waals surface area contributed by atoms with Crippen molar-refractivity contribution in [2.75, 3.05) is 25.5 Å². The molecule has 0 fully saturated rings. The van der Waals surface area contributed by atoms with Gasteiger partial charge in [0.05, 0.1) is 4.90 Å². The third-order valence-corrected chi connectivity index (χ3v) is 7.02. The lowest BCUT2D eigenvalue weighted by Gasteiger charge is -2.19. The first-order chi connectivity index (χ1) is 14.3. The highest BCUT2D eigenvalue weighted by Gasteiger charge is 2.33. The molecule has 0 aliphatic carbocycles. The van der Waals surface area contributed by atoms with E-state index in [1.54, 1.807) is 48.1 Å². The van der Waals surface area contributed by atoms with E-state index in [2.05, 4.69) is 6.07 Å². The topological polar surface area (TPSA) is 99.5 Å². The van der Waals surface area contributed by atoms with Gasteiger partial charge in [-0.15, -0.1) is 0 Å². The fourth-order valence-corrected chi connectivity index (χ4v) is 4.54. The number of carbonyl (C=O) groups is 1. The summed E-state index contributed by atoms with van der Waals surface area (Å²) in [6, 6.07) is 10.5. The third kappa shape index (κ3) is 3.01. The summed E-state index contributed by atoms with van der Waals surface area (Å²) in [5.74, 6) is 0.238. The fraction of sp³-hybridized carbons (Fsp3) is 0.238. The molecule has 0 saturated carbocycles. The molecular weight excluding hydrogens is 404 g/mol. The standard InChI is InChI=1S/C21H20N4O4S/c1-14-19(17(13-22)21(29-14)24-9-4-5-10-24)20(26)25-11-8-15-6-7-16(12-18(15)25)30(27,28)23(2)3/h4-7,9-10,12H,8,11H2,1-3H3. The van der Waals surface area contributed by atoms with Crippen LogP contribution in [0.1, 0.15) is 27.2 Å². The van der Waals surface area contributed by atoms with Crippen molar-refractivity contribution in [2.45, 2.75) is 18.2 Å². The minimum Gasteiger partial charge on any atom is -0.443 e. The number of amides is 1. The van der Waals surface area contributed by atoms with Crippen LogP contribution in [0, 0.1) is 18.3 Å². The number of nitriles is 1. The van der Waals surface area contributed by atoms with E-state index in [9.17, 15) is 18.5 Å². The van der Waals surface area contributed by atoms with Gasteiger partial charge in [-0.3, -0.25) is 9.36 Å². The number of furan rings is 1. The molecule has 1 aliphatic heterocycles. The van der Waals surface area contributed by atoms with Crippen LogP contribution in [0.25, 0.3) is 5.88 Å². The SMILES string of the molecule is Cc1oc(-n2cccc2)c(C#N)c1C(=O)N1CCc2ccc(S(=O)(=O)N(C)C)cc21. The zero-order valence-electron chi connectivity index (χ0n) is 16.8. The van der Waals surface area contributed by atoms with Gasteiger partial charge in [0.2, 0.25) is 15.9 Å². The van der Waals surface area contributed by atoms with E-state index in [1.165, 1.54) is 25.1 Å².